The van der Waals surface area contributed by atoms with E-state index in [9.17, 15) is 4.39 Å². The van der Waals surface area contributed by atoms with Crippen molar-refractivity contribution >= 4 is 5.82 Å². The van der Waals surface area contributed by atoms with Crippen molar-refractivity contribution in [3.63, 3.8) is 0 Å². The summed E-state index contributed by atoms with van der Waals surface area (Å²) in [7, 11) is 0. The highest BCUT2D eigenvalue weighted by atomic mass is 19.1. The summed E-state index contributed by atoms with van der Waals surface area (Å²) >= 11 is 0. The maximum absolute atomic E-state index is 12.6. The van der Waals surface area contributed by atoms with Crippen LogP contribution in [0.2, 0.25) is 0 Å². The lowest BCUT2D eigenvalue weighted by Gasteiger charge is -2.21. The predicted octanol–water partition coefficient (Wildman–Crippen LogP) is 1.18. The van der Waals surface area contributed by atoms with Crippen molar-refractivity contribution in [2.45, 2.75) is 18.9 Å². The van der Waals surface area contributed by atoms with Gasteiger partial charge in [0.1, 0.15) is 11.6 Å². The van der Waals surface area contributed by atoms with Gasteiger partial charge in [-0.15, -0.1) is 0 Å². The topological polar surface area (TPSA) is 36.4 Å². The van der Waals surface area contributed by atoms with Crippen LogP contribution in [-0.2, 0) is 0 Å². The van der Waals surface area contributed by atoms with E-state index in [2.05, 4.69) is 4.98 Å². The molecule has 1 aliphatic rings. The molecule has 76 valence electrons. The van der Waals surface area contributed by atoms with Gasteiger partial charge < -0.3 is 10.0 Å². The number of pyridine rings is 1. The van der Waals surface area contributed by atoms with Crippen molar-refractivity contribution in [1.82, 2.24) is 4.98 Å². The van der Waals surface area contributed by atoms with Crippen molar-refractivity contribution < 1.29 is 9.50 Å². The first-order valence-corrected chi connectivity index (χ1v) is 4.80. The van der Waals surface area contributed by atoms with Gasteiger partial charge in [-0.05, 0) is 25.0 Å². The van der Waals surface area contributed by atoms with Crippen LogP contribution in [0.3, 0.4) is 0 Å². The monoisotopic (exact) mass is 196 g/mol. The molecule has 1 fully saturated rings. The Labute approximate surface area is 82.2 Å². The summed E-state index contributed by atoms with van der Waals surface area (Å²) in [6.07, 6.45) is 3.49. The average molecular weight is 196 g/mol. The molecule has 0 saturated heterocycles. The molecule has 3 nitrogen and oxygen atoms in total. The Balaban J connectivity index is 2.13. The minimum atomic E-state index is -0.325. The van der Waals surface area contributed by atoms with Gasteiger partial charge in [0.25, 0.3) is 0 Å². The molecule has 0 atom stereocenters. The van der Waals surface area contributed by atoms with Crippen LogP contribution in [0.15, 0.2) is 18.3 Å². The smallest absolute Gasteiger partial charge is 0.141 e. The molecule has 0 aliphatic heterocycles. The van der Waals surface area contributed by atoms with Gasteiger partial charge >= 0.3 is 0 Å². The molecule has 1 heterocycles. The molecule has 0 amide bonds. The first-order chi connectivity index (χ1) is 6.81. The van der Waals surface area contributed by atoms with E-state index in [1.54, 1.807) is 6.07 Å². The molecule has 0 spiro atoms. The number of anilines is 1. The molecule has 0 radical (unpaired) electrons. The lowest BCUT2D eigenvalue weighted by molar-refractivity contribution is 0.301. The fraction of sp³-hybridized carbons (Fsp3) is 0.500. The molecule has 1 aromatic rings. The van der Waals surface area contributed by atoms with Gasteiger partial charge in [-0.1, -0.05) is 0 Å². The van der Waals surface area contributed by atoms with E-state index in [0.29, 0.717) is 12.6 Å². The van der Waals surface area contributed by atoms with Crippen molar-refractivity contribution in [3.05, 3.63) is 24.1 Å². The third-order valence-corrected chi connectivity index (χ3v) is 2.33. The molecule has 0 unspecified atom stereocenters. The van der Waals surface area contributed by atoms with E-state index in [1.807, 2.05) is 4.90 Å². The lowest BCUT2D eigenvalue weighted by Crippen LogP contribution is -2.29. The maximum Gasteiger partial charge on any atom is 0.141 e. The Kier molecular flexibility index (Phi) is 2.63. The van der Waals surface area contributed by atoms with Crippen molar-refractivity contribution in [1.29, 1.82) is 0 Å². The Bertz CT molecular complexity index is 297. The van der Waals surface area contributed by atoms with Crippen LogP contribution in [0.4, 0.5) is 10.2 Å². The van der Waals surface area contributed by atoms with Crippen LogP contribution in [0.1, 0.15) is 12.8 Å². The number of aliphatic hydroxyl groups excluding tert-OH is 1. The van der Waals surface area contributed by atoms with E-state index in [1.165, 1.54) is 12.3 Å². The molecule has 1 aliphatic carbocycles. The highest BCUT2D eigenvalue weighted by Gasteiger charge is 2.29. The Hall–Kier alpha value is -1.16. The van der Waals surface area contributed by atoms with Crippen molar-refractivity contribution in [2.24, 2.45) is 0 Å². The fourth-order valence-electron chi connectivity index (χ4n) is 1.52. The Morgan fingerprint density at radius 2 is 2.29 bits per heavy atom. The third-order valence-electron chi connectivity index (χ3n) is 2.33. The molecule has 14 heavy (non-hydrogen) atoms. The van der Waals surface area contributed by atoms with Gasteiger partial charge in [-0.25, -0.2) is 9.37 Å². The number of nitrogens with zero attached hydrogens (tertiary/aromatic N) is 2. The van der Waals surface area contributed by atoms with Crippen molar-refractivity contribution in [3.8, 4) is 0 Å². The van der Waals surface area contributed by atoms with Gasteiger partial charge in [0.15, 0.2) is 0 Å². The van der Waals surface area contributed by atoms with Crippen LogP contribution >= 0.6 is 0 Å². The second-order valence-electron chi connectivity index (χ2n) is 3.48. The lowest BCUT2D eigenvalue weighted by atomic mass is 10.4. The average Bonchev–Trinajstić information content (AvgIpc) is 2.99. The summed E-state index contributed by atoms with van der Waals surface area (Å²) in [6.45, 7) is 0.679. The molecule has 4 heteroatoms. The number of halogens is 1. The standard InChI is InChI=1S/C10H13FN2O/c11-8-1-4-10(12-7-8)13(5-6-14)9-2-3-9/h1,4,7,9,14H,2-3,5-6H2. The number of hydrogen-bond acceptors (Lipinski definition) is 3. The largest absolute Gasteiger partial charge is 0.395 e. The highest BCUT2D eigenvalue weighted by molar-refractivity contribution is 5.40. The summed E-state index contributed by atoms with van der Waals surface area (Å²) in [5.41, 5.74) is 0. The molecule has 2 rings (SSSR count). The molecular formula is C10H13FN2O. The molecule has 1 saturated carbocycles. The van der Waals surface area contributed by atoms with Crippen LogP contribution in [-0.4, -0.2) is 29.3 Å². The quantitative estimate of drug-likeness (QED) is 0.785. The second kappa shape index (κ2) is 3.92. The predicted molar refractivity (Wildman–Crippen MR) is 51.6 cm³/mol. The molecule has 1 aromatic heterocycles. The van der Waals surface area contributed by atoms with E-state index < -0.39 is 0 Å². The zero-order valence-electron chi connectivity index (χ0n) is 7.86. The van der Waals surface area contributed by atoms with Gasteiger partial charge in [0, 0.05) is 12.6 Å². The molecule has 1 N–H and O–H groups in total. The first kappa shape index (κ1) is 9.40. The van der Waals surface area contributed by atoms with Gasteiger partial charge in [0.2, 0.25) is 0 Å². The Morgan fingerprint density at radius 3 is 2.79 bits per heavy atom. The molecule has 0 aromatic carbocycles. The summed E-state index contributed by atoms with van der Waals surface area (Å²) in [5, 5.41) is 8.89. The summed E-state index contributed by atoms with van der Waals surface area (Å²) < 4.78 is 12.6. The Morgan fingerprint density at radius 1 is 1.50 bits per heavy atom. The van der Waals surface area contributed by atoms with Crippen molar-refractivity contribution in [2.75, 3.05) is 18.1 Å². The highest BCUT2D eigenvalue weighted by Crippen LogP contribution is 2.29. The van der Waals surface area contributed by atoms with Crippen LogP contribution in [0, 0.1) is 5.82 Å². The zero-order chi connectivity index (χ0) is 9.97. The van der Waals surface area contributed by atoms with E-state index in [4.69, 9.17) is 5.11 Å². The van der Waals surface area contributed by atoms with E-state index >= 15 is 0 Å². The van der Waals surface area contributed by atoms with Crippen LogP contribution < -0.4 is 4.90 Å². The van der Waals surface area contributed by atoms with E-state index in [0.717, 1.165) is 18.7 Å². The van der Waals surface area contributed by atoms with Crippen LogP contribution in [0.25, 0.3) is 0 Å². The summed E-state index contributed by atoms with van der Waals surface area (Å²) in [6, 6.07) is 3.54. The molecule has 0 bridgehead atoms. The summed E-state index contributed by atoms with van der Waals surface area (Å²) in [4.78, 5) is 6.03. The number of aliphatic hydroxyl groups is 1. The second-order valence-corrected chi connectivity index (χ2v) is 3.48. The number of hydrogen-bond donors (Lipinski definition) is 1. The summed E-state index contributed by atoms with van der Waals surface area (Å²) in [5.74, 6) is 0.427. The van der Waals surface area contributed by atoms with Gasteiger partial charge in [0.05, 0.1) is 12.8 Å². The van der Waals surface area contributed by atoms with Gasteiger partial charge in [-0.2, -0.15) is 0 Å². The van der Waals surface area contributed by atoms with E-state index in [-0.39, 0.29) is 12.4 Å². The number of aromatic nitrogens is 1. The van der Waals surface area contributed by atoms with Crippen LogP contribution in [0.5, 0.6) is 0 Å². The minimum Gasteiger partial charge on any atom is -0.395 e. The zero-order valence-corrected chi connectivity index (χ0v) is 7.86. The SMILES string of the molecule is OCCN(c1ccc(F)cn1)C1CC1. The fourth-order valence-corrected chi connectivity index (χ4v) is 1.52. The number of rotatable bonds is 4. The third kappa shape index (κ3) is 2.01. The molecular weight excluding hydrogens is 183 g/mol. The normalized spacial score (nSPS) is 15.6. The minimum absolute atomic E-state index is 0.107. The van der Waals surface area contributed by atoms with Gasteiger partial charge in [-0.3, -0.25) is 0 Å². The maximum atomic E-state index is 12.6. The first-order valence-electron chi connectivity index (χ1n) is 4.80.